The maximum atomic E-state index is 12.9. The van der Waals surface area contributed by atoms with Crippen LogP contribution in [0.3, 0.4) is 0 Å². The molecule has 80 valence electrons. The van der Waals surface area contributed by atoms with Crippen molar-refractivity contribution in [1.29, 1.82) is 0 Å². The van der Waals surface area contributed by atoms with Gasteiger partial charge in [0.05, 0.1) is 4.92 Å². The zero-order valence-electron chi connectivity index (χ0n) is 7.18. The zero-order chi connectivity index (χ0) is 11.6. The van der Waals surface area contributed by atoms with Crippen molar-refractivity contribution in [3.63, 3.8) is 0 Å². The van der Waals surface area contributed by atoms with Gasteiger partial charge in [-0.05, 0) is 12.1 Å². The normalized spacial score (nSPS) is 12.1. The highest BCUT2D eigenvalue weighted by Gasteiger charge is 2.22. The van der Waals surface area contributed by atoms with Gasteiger partial charge < -0.3 is 5.11 Å². The maximum Gasteiger partial charge on any atom is 0.343 e. The molecule has 0 fully saturated rings. The fourth-order valence-corrected chi connectivity index (χ4v) is 0.971. The molecular formula is C8H5F2NO4. The number of nitro benzene ring substituents is 1. The Morgan fingerprint density at radius 3 is 2.53 bits per heavy atom. The van der Waals surface area contributed by atoms with Crippen LogP contribution >= 0.6 is 0 Å². The minimum Gasteiger partial charge on any atom is -0.479 e. The predicted octanol–water partition coefficient (Wildman–Crippen LogP) is 1.83. The summed E-state index contributed by atoms with van der Waals surface area (Å²) in [6.45, 7) is 0. The first-order valence-electron chi connectivity index (χ1n) is 3.74. The van der Waals surface area contributed by atoms with Crippen LogP contribution in [0.5, 0.6) is 0 Å². The minimum absolute atomic E-state index is 0.467. The van der Waals surface area contributed by atoms with Gasteiger partial charge in [0.2, 0.25) is 12.0 Å². The highest BCUT2D eigenvalue weighted by Crippen LogP contribution is 2.23. The Balaban J connectivity index is 3.12. The van der Waals surface area contributed by atoms with Gasteiger partial charge in [-0.2, -0.15) is 4.39 Å². The van der Waals surface area contributed by atoms with E-state index >= 15 is 0 Å². The number of carboxylic acid groups (broad SMARTS) is 1. The Hall–Kier alpha value is -2.05. The molecule has 0 radical (unpaired) electrons. The smallest absolute Gasteiger partial charge is 0.343 e. The summed E-state index contributed by atoms with van der Waals surface area (Å²) in [7, 11) is 0. The summed E-state index contributed by atoms with van der Waals surface area (Å²) in [5.74, 6) is -3.04. The molecule has 1 aromatic rings. The van der Waals surface area contributed by atoms with Gasteiger partial charge in [-0.15, -0.1) is 0 Å². The van der Waals surface area contributed by atoms with E-state index < -0.39 is 34.1 Å². The lowest BCUT2D eigenvalue weighted by atomic mass is 10.1. The number of halogens is 2. The summed E-state index contributed by atoms with van der Waals surface area (Å²) in [4.78, 5) is 19.4. The van der Waals surface area contributed by atoms with Gasteiger partial charge in [0, 0.05) is 11.6 Å². The van der Waals surface area contributed by atoms with Gasteiger partial charge in [0.25, 0.3) is 0 Å². The van der Waals surface area contributed by atoms with Crippen molar-refractivity contribution in [2.24, 2.45) is 0 Å². The number of nitrogens with zero attached hydrogens (tertiary/aromatic N) is 1. The number of rotatable bonds is 3. The molecule has 1 atom stereocenters. The average molecular weight is 217 g/mol. The molecule has 0 amide bonds. The molecule has 1 rings (SSSR count). The van der Waals surface area contributed by atoms with Gasteiger partial charge in [-0.1, -0.05) is 0 Å². The number of alkyl halides is 1. The monoisotopic (exact) mass is 217 g/mol. The van der Waals surface area contributed by atoms with Crippen molar-refractivity contribution >= 4 is 11.7 Å². The number of carboxylic acids is 1. The molecule has 0 aliphatic rings. The molecule has 7 heteroatoms. The summed E-state index contributed by atoms with van der Waals surface area (Å²) >= 11 is 0. The fourth-order valence-electron chi connectivity index (χ4n) is 0.971. The van der Waals surface area contributed by atoms with Gasteiger partial charge in [-0.3, -0.25) is 10.1 Å². The molecule has 0 heterocycles. The first-order chi connectivity index (χ1) is 6.93. The molecule has 0 bridgehead atoms. The fraction of sp³-hybridized carbons (Fsp3) is 0.125. The number of aliphatic carboxylic acids is 1. The first-order valence-corrected chi connectivity index (χ1v) is 3.74. The third-order valence-electron chi connectivity index (χ3n) is 1.68. The van der Waals surface area contributed by atoms with Gasteiger partial charge in [-0.25, -0.2) is 9.18 Å². The lowest BCUT2D eigenvalue weighted by molar-refractivity contribution is -0.387. The van der Waals surface area contributed by atoms with E-state index in [1.807, 2.05) is 0 Å². The Bertz CT molecular complexity index is 421. The topological polar surface area (TPSA) is 80.4 Å². The SMILES string of the molecule is O=C(O)C(F)c1ccc([N+](=O)[O-])c(F)c1. The first kappa shape index (κ1) is 11.0. The van der Waals surface area contributed by atoms with Crippen LogP contribution in [0.4, 0.5) is 14.5 Å². The molecule has 0 spiro atoms. The van der Waals surface area contributed by atoms with E-state index in [4.69, 9.17) is 5.11 Å². The molecule has 0 saturated heterocycles. The van der Waals surface area contributed by atoms with E-state index in [1.165, 1.54) is 0 Å². The highest BCUT2D eigenvalue weighted by molar-refractivity contribution is 5.74. The summed E-state index contributed by atoms with van der Waals surface area (Å²) < 4.78 is 25.8. The Morgan fingerprint density at radius 2 is 2.13 bits per heavy atom. The van der Waals surface area contributed by atoms with Crippen molar-refractivity contribution < 1.29 is 23.6 Å². The zero-order valence-corrected chi connectivity index (χ0v) is 7.18. The lowest BCUT2D eigenvalue weighted by Crippen LogP contribution is -2.06. The quantitative estimate of drug-likeness (QED) is 0.618. The van der Waals surface area contributed by atoms with Crippen LogP contribution in [0, 0.1) is 15.9 Å². The predicted molar refractivity (Wildman–Crippen MR) is 44.5 cm³/mol. The maximum absolute atomic E-state index is 12.9. The van der Waals surface area contributed by atoms with E-state index in [2.05, 4.69) is 0 Å². The van der Waals surface area contributed by atoms with Crippen LogP contribution in [-0.2, 0) is 4.79 Å². The molecular weight excluding hydrogens is 212 g/mol. The van der Waals surface area contributed by atoms with Crippen molar-refractivity contribution in [2.75, 3.05) is 0 Å². The summed E-state index contributed by atoms with van der Waals surface area (Å²) in [5, 5.41) is 18.5. The number of benzene rings is 1. The average Bonchev–Trinajstić information content (AvgIpc) is 2.15. The third-order valence-corrected chi connectivity index (χ3v) is 1.68. The number of hydrogen-bond acceptors (Lipinski definition) is 3. The second kappa shape index (κ2) is 3.99. The number of carbonyl (C=O) groups is 1. The molecule has 1 N–H and O–H groups in total. The minimum atomic E-state index is -2.39. The van der Waals surface area contributed by atoms with Gasteiger partial charge >= 0.3 is 11.7 Å². The van der Waals surface area contributed by atoms with E-state index in [0.717, 1.165) is 12.1 Å². The van der Waals surface area contributed by atoms with Crippen molar-refractivity contribution in [3.05, 3.63) is 39.7 Å². The molecule has 1 aromatic carbocycles. The van der Waals surface area contributed by atoms with Crippen LogP contribution in [-0.4, -0.2) is 16.0 Å². The Kier molecular flexibility index (Phi) is 2.93. The van der Waals surface area contributed by atoms with Crippen LogP contribution in [0.1, 0.15) is 11.7 Å². The standard InChI is InChI=1S/C8H5F2NO4/c9-5-3-4(7(10)8(12)13)1-2-6(5)11(14)15/h1-3,7H,(H,12,13). The molecule has 15 heavy (non-hydrogen) atoms. The largest absolute Gasteiger partial charge is 0.479 e. The Morgan fingerprint density at radius 1 is 1.53 bits per heavy atom. The lowest BCUT2D eigenvalue weighted by Gasteiger charge is -2.02. The van der Waals surface area contributed by atoms with Crippen LogP contribution in [0.15, 0.2) is 18.2 Å². The molecule has 0 saturated carbocycles. The molecule has 0 aliphatic heterocycles. The second-order valence-corrected chi connectivity index (χ2v) is 2.67. The second-order valence-electron chi connectivity index (χ2n) is 2.67. The van der Waals surface area contributed by atoms with Crippen molar-refractivity contribution in [1.82, 2.24) is 0 Å². The summed E-state index contributed by atoms with van der Waals surface area (Å²) in [5.41, 5.74) is -1.29. The molecule has 1 unspecified atom stereocenters. The van der Waals surface area contributed by atoms with E-state index in [1.54, 1.807) is 0 Å². The molecule has 0 aliphatic carbocycles. The van der Waals surface area contributed by atoms with Crippen LogP contribution in [0.25, 0.3) is 0 Å². The van der Waals surface area contributed by atoms with Crippen LogP contribution in [0.2, 0.25) is 0 Å². The highest BCUT2D eigenvalue weighted by atomic mass is 19.1. The third kappa shape index (κ3) is 2.25. The van der Waals surface area contributed by atoms with Crippen LogP contribution < -0.4 is 0 Å². The number of nitro groups is 1. The van der Waals surface area contributed by atoms with E-state index in [9.17, 15) is 23.7 Å². The Labute approximate surface area is 82.1 Å². The summed E-state index contributed by atoms with van der Waals surface area (Å²) in [6.07, 6.45) is -2.39. The van der Waals surface area contributed by atoms with E-state index in [0.29, 0.717) is 6.07 Å². The van der Waals surface area contributed by atoms with Crippen molar-refractivity contribution in [2.45, 2.75) is 6.17 Å². The number of hydrogen-bond donors (Lipinski definition) is 1. The van der Waals surface area contributed by atoms with Gasteiger partial charge in [0.15, 0.2) is 0 Å². The van der Waals surface area contributed by atoms with E-state index in [-0.39, 0.29) is 0 Å². The molecule has 5 nitrogen and oxygen atoms in total. The summed E-state index contributed by atoms with van der Waals surface area (Å²) in [6, 6.07) is 2.08. The molecule has 0 aromatic heterocycles. The van der Waals surface area contributed by atoms with Gasteiger partial charge in [0.1, 0.15) is 0 Å². The van der Waals surface area contributed by atoms with Crippen molar-refractivity contribution in [3.8, 4) is 0 Å².